The number of nitrogens with one attached hydrogen (secondary N) is 2. The van der Waals surface area contributed by atoms with Crippen molar-refractivity contribution < 1.29 is 0 Å². The van der Waals surface area contributed by atoms with E-state index in [1.54, 1.807) is 6.20 Å². The second kappa shape index (κ2) is 5.36. The SMILES string of the molecule is Cc1ccnc(NCC2NCCc3ccccc32)n1. The molecule has 1 aromatic carbocycles. The topological polar surface area (TPSA) is 49.8 Å². The van der Waals surface area contributed by atoms with Gasteiger partial charge in [-0.15, -0.1) is 0 Å². The fraction of sp³-hybridized carbons (Fsp3) is 0.333. The number of rotatable bonds is 3. The van der Waals surface area contributed by atoms with Gasteiger partial charge in [0.15, 0.2) is 0 Å². The third-order valence-corrected chi connectivity index (χ3v) is 3.47. The summed E-state index contributed by atoms with van der Waals surface area (Å²) >= 11 is 0. The lowest BCUT2D eigenvalue weighted by molar-refractivity contribution is 0.522. The Kier molecular flexibility index (Phi) is 3.42. The van der Waals surface area contributed by atoms with Crippen LogP contribution in [0.4, 0.5) is 5.95 Å². The number of hydrogen-bond donors (Lipinski definition) is 2. The van der Waals surface area contributed by atoms with Crippen molar-refractivity contribution >= 4 is 5.95 Å². The lowest BCUT2D eigenvalue weighted by atomic mass is 9.94. The van der Waals surface area contributed by atoms with Crippen molar-refractivity contribution in [3.63, 3.8) is 0 Å². The average Bonchev–Trinajstić information content (AvgIpc) is 2.45. The maximum Gasteiger partial charge on any atom is 0.222 e. The average molecular weight is 254 g/mol. The highest BCUT2D eigenvalue weighted by Gasteiger charge is 2.18. The van der Waals surface area contributed by atoms with E-state index in [-0.39, 0.29) is 0 Å². The zero-order valence-corrected chi connectivity index (χ0v) is 11.1. The molecule has 4 heteroatoms. The van der Waals surface area contributed by atoms with Crippen molar-refractivity contribution in [1.29, 1.82) is 0 Å². The molecular weight excluding hydrogens is 236 g/mol. The molecule has 1 unspecified atom stereocenters. The number of aromatic nitrogens is 2. The number of aryl methyl sites for hydroxylation is 1. The molecule has 0 saturated heterocycles. The fourth-order valence-electron chi connectivity index (χ4n) is 2.50. The Morgan fingerprint density at radius 2 is 2.21 bits per heavy atom. The van der Waals surface area contributed by atoms with Crippen molar-refractivity contribution in [2.24, 2.45) is 0 Å². The first kappa shape index (κ1) is 12.1. The van der Waals surface area contributed by atoms with E-state index in [1.807, 2.05) is 13.0 Å². The van der Waals surface area contributed by atoms with E-state index in [9.17, 15) is 0 Å². The number of hydrogen-bond acceptors (Lipinski definition) is 4. The van der Waals surface area contributed by atoms with Gasteiger partial charge in [0.25, 0.3) is 0 Å². The van der Waals surface area contributed by atoms with Crippen molar-refractivity contribution in [3.05, 3.63) is 53.3 Å². The quantitative estimate of drug-likeness (QED) is 0.880. The molecule has 1 aromatic heterocycles. The Morgan fingerprint density at radius 3 is 3.11 bits per heavy atom. The standard InChI is InChI=1S/C15H18N4/c1-11-6-8-17-15(19-11)18-10-14-13-5-3-2-4-12(13)7-9-16-14/h2-6,8,14,16H,7,9-10H2,1H3,(H,17,18,19). The highest BCUT2D eigenvalue weighted by atomic mass is 15.1. The molecule has 19 heavy (non-hydrogen) atoms. The van der Waals surface area contributed by atoms with Gasteiger partial charge in [-0.3, -0.25) is 0 Å². The Morgan fingerprint density at radius 1 is 1.32 bits per heavy atom. The summed E-state index contributed by atoms with van der Waals surface area (Å²) in [6, 6.07) is 10.9. The van der Waals surface area contributed by atoms with Crippen LogP contribution < -0.4 is 10.6 Å². The summed E-state index contributed by atoms with van der Waals surface area (Å²) in [5.41, 5.74) is 3.81. The minimum atomic E-state index is 0.328. The summed E-state index contributed by atoms with van der Waals surface area (Å²) in [6.45, 7) is 3.81. The van der Waals surface area contributed by atoms with Crippen molar-refractivity contribution in [1.82, 2.24) is 15.3 Å². The van der Waals surface area contributed by atoms with Crippen LogP contribution in [0.1, 0.15) is 22.9 Å². The van der Waals surface area contributed by atoms with Crippen LogP contribution in [-0.4, -0.2) is 23.1 Å². The third kappa shape index (κ3) is 2.74. The van der Waals surface area contributed by atoms with Crippen molar-refractivity contribution in [2.45, 2.75) is 19.4 Å². The Labute approximate surface area is 113 Å². The van der Waals surface area contributed by atoms with Crippen molar-refractivity contribution in [2.75, 3.05) is 18.4 Å². The molecule has 0 spiro atoms. The predicted octanol–water partition coefficient (Wildman–Crippen LogP) is 2.08. The van der Waals surface area contributed by atoms with Gasteiger partial charge in [-0.2, -0.15) is 0 Å². The van der Waals surface area contributed by atoms with Gasteiger partial charge < -0.3 is 10.6 Å². The van der Waals surface area contributed by atoms with E-state index in [1.165, 1.54) is 11.1 Å². The van der Waals surface area contributed by atoms with Crippen LogP contribution in [0.2, 0.25) is 0 Å². The highest BCUT2D eigenvalue weighted by molar-refractivity contribution is 5.34. The number of anilines is 1. The molecule has 1 aliphatic rings. The molecule has 2 aromatic rings. The molecule has 3 rings (SSSR count). The van der Waals surface area contributed by atoms with Gasteiger partial charge in [-0.1, -0.05) is 24.3 Å². The van der Waals surface area contributed by atoms with Gasteiger partial charge in [-0.05, 0) is 37.1 Å². The molecule has 0 saturated carbocycles. The molecular formula is C15H18N4. The first-order valence-corrected chi connectivity index (χ1v) is 6.67. The first-order valence-electron chi connectivity index (χ1n) is 6.67. The van der Waals surface area contributed by atoms with Crippen LogP contribution >= 0.6 is 0 Å². The van der Waals surface area contributed by atoms with Gasteiger partial charge >= 0.3 is 0 Å². The Bertz CT molecular complexity index is 568. The molecule has 0 fully saturated rings. The summed E-state index contributed by atoms with van der Waals surface area (Å²) in [5, 5.41) is 6.85. The molecule has 2 N–H and O–H groups in total. The number of fused-ring (bicyclic) bond motifs is 1. The van der Waals surface area contributed by atoms with Crippen molar-refractivity contribution in [3.8, 4) is 0 Å². The largest absolute Gasteiger partial charge is 0.352 e. The summed E-state index contributed by atoms with van der Waals surface area (Å²) in [4.78, 5) is 8.59. The van der Waals surface area contributed by atoms with Gasteiger partial charge in [0.1, 0.15) is 0 Å². The van der Waals surface area contributed by atoms with E-state index in [0.717, 1.165) is 25.2 Å². The molecule has 0 amide bonds. The molecule has 4 nitrogen and oxygen atoms in total. The molecule has 0 radical (unpaired) electrons. The van der Waals surface area contributed by atoms with Gasteiger partial charge in [-0.25, -0.2) is 9.97 Å². The number of benzene rings is 1. The van der Waals surface area contributed by atoms with Crippen LogP contribution in [-0.2, 0) is 6.42 Å². The Balaban J connectivity index is 1.71. The maximum absolute atomic E-state index is 4.36. The smallest absolute Gasteiger partial charge is 0.222 e. The summed E-state index contributed by atoms with van der Waals surface area (Å²) < 4.78 is 0. The monoisotopic (exact) mass is 254 g/mol. The van der Waals surface area contributed by atoms with Crippen LogP contribution in [0.15, 0.2) is 36.5 Å². The molecule has 1 aliphatic heterocycles. The van der Waals surface area contributed by atoms with E-state index in [4.69, 9.17) is 0 Å². The predicted molar refractivity (Wildman–Crippen MR) is 76.1 cm³/mol. The molecule has 1 atom stereocenters. The third-order valence-electron chi connectivity index (χ3n) is 3.47. The summed E-state index contributed by atoms with van der Waals surface area (Å²) in [6.07, 6.45) is 2.89. The van der Waals surface area contributed by atoms with Crippen LogP contribution in [0.25, 0.3) is 0 Å². The highest BCUT2D eigenvalue weighted by Crippen LogP contribution is 2.22. The zero-order chi connectivity index (χ0) is 13.1. The van der Waals surface area contributed by atoms with E-state index >= 15 is 0 Å². The second-order valence-electron chi connectivity index (χ2n) is 4.86. The number of nitrogens with zero attached hydrogens (tertiary/aromatic N) is 2. The Hall–Kier alpha value is -1.94. The fourth-order valence-corrected chi connectivity index (χ4v) is 2.50. The lowest BCUT2D eigenvalue weighted by Gasteiger charge is -2.27. The van der Waals surface area contributed by atoms with Gasteiger partial charge in [0, 0.05) is 24.5 Å². The lowest BCUT2D eigenvalue weighted by Crippen LogP contribution is -2.34. The summed E-state index contributed by atoms with van der Waals surface area (Å²) in [5.74, 6) is 0.699. The molecule has 98 valence electrons. The van der Waals surface area contributed by atoms with E-state index in [0.29, 0.717) is 12.0 Å². The molecule has 2 heterocycles. The first-order chi connectivity index (χ1) is 9.33. The molecule has 0 aliphatic carbocycles. The van der Waals surface area contributed by atoms with E-state index < -0.39 is 0 Å². The van der Waals surface area contributed by atoms with Crippen LogP contribution in [0, 0.1) is 6.92 Å². The zero-order valence-electron chi connectivity index (χ0n) is 11.1. The minimum Gasteiger partial charge on any atom is -0.352 e. The van der Waals surface area contributed by atoms with Crippen LogP contribution in [0.5, 0.6) is 0 Å². The normalized spacial score (nSPS) is 17.8. The molecule has 0 bridgehead atoms. The second-order valence-corrected chi connectivity index (χ2v) is 4.86. The maximum atomic E-state index is 4.36. The van der Waals surface area contributed by atoms with Gasteiger partial charge in [0.05, 0.1) is 0 Å². The van der Waals surface area contributed by atoms with Crippen LogP contribution in [0.3, 0.4) is 0 Å². The van der Waals surface area contributed by atoms with Gasteiger partial charge in [0.2, 0.25) is 5.95 Å². The van der Waals surface area contributed by atoms with E-state index in [2.05, 4.69) is 44.9 Å². The summed E-state index contributed by atoms with van der Waals surface area (Å²) in [7, 11) is 0. The minimum absolute atomic E-state index is 0.328.